The lowest BCUT2D eigenvalue weighted by molar-refractivity contribution is -0.107. The van der Waals surface area contributed by atoms with Crippen molar-refractivity contribution in [2.24, 2.45) is 0 Å². The van der Waals surface area contributed by atoms with Gasteiger partial charge in [0.15, 0.2) is 0 Å². The predicted octanol–water partition coefficient (Wildman–Crippen LogP) is -0.786. The molecule has 0 spiro atoms. The maximum atomic E-state index is 8.48. The first kappa shape index (κ1) is 4.58. The third kappa shape index (κ3) is 1.15. The number of hydroxylamine groups is 1. The largest absolute Gasteiger partial charge is 0.272 e. The molecule has 4 nitrogen and oxygen atoms in total. The standard InChI is InChI=1S/C3H7N3O/c7-6-3-1-2-4-5-6/h1,3-5,7H,2H2. The molecule has 0 radical (unpaired) electrons. The lowest BCUT2D eigenvalue weighted by Gasteiger charge is -2.16. The lowest BCUT2D eigenvalue weighted by Crippen LogP contribution is -2.44. The Bertz CT molecular complexity index is 82.2. The summed E-state index contributed by atoms with van der Waals surface area (Å²) in [7, 11) is 0. The Morgan fingerprint density at radius 1 is 1.71 bits per heavy atom. The van der Waals surface area contributed by atoms with Gasteiger partial charge in [-0.25, -0.2) is 5.43 Å². The zero-order valence-corrected chi connectivity index (χ0v) is 3.76. The van der Waals surface area contributed by atoms with Crippen LogP contribution in [0.15, 0.2) is 12.3 Å². The van der Waals surface area contributed by atoms with E-state index in [1.807, 2.05) is 0 Å². The maximum absolute atomic E-state index is 8.48. The van der Waals surface area contributed by atoms with Crippen LogP contribution in [-0.4, -0.2) is 16.9 Å². The van der Waals surface area contributed by atoms with E-state index in [1.165, 1.54) is 6.20 Å². The van der Waals surface area contributed by atoms with Crippen molar-refractivity contribution in [2.75, 3.05) is 6.54 Å². The molecule has 0 aromatic heterocycles. The molecular weight excluding hydrogens is 94.1 g/mol. The number of hydrogen-bond acceptors (Lipinski definition) is 4. The second-order valence-corrected chi connectivity index (χ2v) is 1.22. The summed E-state index contributed by atoms with van der Waals surface area (Å²) in [5.41, 5.74) is 5.11. The van der Waals surface area contributed by atoms with Gasteiger partial charge in [-0.3, -0.25) is 5.21 Å². The van der Waals surface area contributed by atoms with Crippen molar-refractivity contribution >= 4 is 0 Å². The molecule has 1 aliphatic rings. The maximum Gasteiger partial charge on any atom is 0.0447 e. The summed E-state index contributed by atoms with van der Waals surface area (Å²) in [6.45, 7) is 0.747. The quantitative estimate of drug-likeness (QED) is 0.374. The van der Waals surface area contributed by atoms with E-state index in [0.717, 1.165) is 11.7 Å². The monoisotopic (exact) mass is 101 g/mol. The Labute approximate surface area is 41.3 Å². The van der Waals surface area contributed by atoms with Crippen LogP contribution in [0.3, 0.4) is 0 Å². The van der Waals surface area contributed by atoms with Gasteiger partial charge >= 0.3 is 0 Å². The second kappa shape index (κ2) is 1.92. The molecule has 40 valence electrons. The lowest BCUT2D eigenvalue weighted by atomic mass is 10.6. The van der Waals surface area contributed by atoms with E-state index in [4.69, 9.17) is 5.21 Å². The summed E-state index contributed by atoms with van der Waals surface area (Å²) in [4.78, 5) is 0. The Morgan fingerprint density at radius 2 is 2.57 bits per heavy atom. The molecule has 0 bridgehead atoms. The molecule has 0 saturated carbocycles. The first-order valence-corrected chi connectivity index (χ1v) is 2.03. The fourth-order valence-corrected chi connectivity index (χ4v) is 0.375. The van der Waals surface area contributed by atoms with Gasteiger partial charge in [0.1, 0.15) is 0 Å². The molecule has 0 unspecified atom stereocenters. The third-order valence-corrected chi connectivity index (χ3v) is 0.660. The van der Waals surface area contributed by atoms with E-state index in [9.17, 15) is 0 Å². The highest BCUT2D eigenvalue weighted by Gasteiger charge is 1.92. The van der Waals surface area contributed by atoms with E-state index < -0.39 is 0 Å². The summed E-state index contributed by atoms with van der Waals surface area (Å²) in [6.07, 6.45) is 3.31. The highest BCUT2D eigenvalue weighted by Crippen LogP contribution is 1.78. The first-order valence-electron chi connectivity index (χ1n) is 2.03. The Morgan fingerprint density at radius 3 is 2.86 bits per heavy atom. The molecule has 3 N–H and O–H groups in total. The molecule has 4 heteroatoms. The molecule has 0 amide bonds. The SMILES string of the molecule is ON1C=CCNN1. The normalized spacial score (nSPS) is 20.4. The van der Waals surface area contributed by atoms with Gasteiger partial charge in [0, 0.05) is 12.7 Å². The molecule has 0 aromatic rings. The third-order valence-electron chi connectivity index (χ3n) is 0.660. The molecule has 0 fully saturated rings. The van der Waals surface area contributed by atoms with Gasteiger partial charge in [0.25, 0.3) is 0 Å². The number of nitrogens with zero attached hydrogens (tertiary/aromatic N) is 1. The van der Waals surface area contributed by atoms with Crippen molar-refractivity contribution in [1.82, 2.24) is 16.1 Å². The van der Waals surface area contributed by atoms with Crippen molar-refractivity contribution in [3.05, 3.63) is 12.3 Å². The van der Waals surface area contributed by atoms with Gasteiger partial charge in [-0.1, -0.05) is 0 Å². The molecule has 1 rings (SSSR count). The van der Waals surface area contributed by atoms with Crippen LogP contribution in [0, 0.1) is 0 Å². The highest BCUT2D eigenvalue weighted by molar-refractivity contribution is 4.81. The van der Waals surface area contributed by atoms with Crippen LogP contribution < -0.4 is 11.0 Å². The van der Waals surface area contributed by atoms with Gasteiger partial charge in [-0.05, 0) is 6.08 Å². The molecule has 1 aliphatic heterocycles. The summed E-state index contributed by atoms with van der Waals surface area (Å²) in [5, 5.41) is 9.33. The molecule has 0 aromatic carbocycles. The van der Waals surface area contributed by atoms with Crippen LogP contribution in [0.1, 0.15) is 0 Å². The Hall–Kier alpha value is -0.580. The zero-order valence-electron chi connectivity index (χ0n) is 3.76. The topological polar surface area (TPSA) is 47.5 Å². The number of nitrogens with one attached hydrogen (secondary N) is 2. The van der Waals surface area contributed by atoms with E-state index in [2.05, 4.69) is 11.0 Å². The minimum absolute atomic E-state index is 0.747. The Balaban J connectivity index is 2.36. The summed E-state index contributed by atoms with van der Waals surface area (Å²) < 4.78 is 0. The second-order valence-electron chi connectivity index (χ2n) is 1.22. The van der Waals surface area contributed by atoms with E-state index >= 15 is 0 Å². The summed E-state index contributed by atoms with van der Waals surface area (Å²) in [5.74, 6) is 0. The van der Waals surface area contributed by atoms with E-state index in [1.54, 1.807) is 6.08 Å². The van der Waals surface area contributed by atoms with E-state index in [0.29, 0.717) is 0 Å². The van der Waals surface area contributed by atoms with Gasteiger partial charge in [0.2, 0.25) is 0 Å². The molecule has 0 aliphatic carbocycles. The van der Waals surface area contributed by atoms with Crippen molar-refractivity contribution < 1.29 is 5.21 Å². The van der Waals surface area contributed by atoms with Gasteiger partial charge in [0.05, 0.1) is 0 Å². The molecule has 1 heterocycles. The van der Waals surface area contributed by atoms with Gasteiger partial charge in [-0.2, -0.15) is 5.17 Å². The average Bonchev–Trinajstić information content (AvgIpc) is 1.69. The van der Waals surface area contributed by atoms with Crippen LogP contribution >= 0.6 is 0 Å². The van der Waals surface area contributed by atoms with Gasteiger partial charge < -0.3 is 0 Å². The van der Waals surface area contributed by atoms with Gasteiger partial charge in [-0.15, -0.1) is 5.53 Å². The average molecular weight is 101 g/mol. The van der Waals surface area contributed by atoms with Crippen LogP contribution in [-0.2, 0) is 0 Å². The van der Waals surface area contributed by atoms with Crippen LogP contribution in [0.5, 0.6) is 0 Å². The van der Waals surface area contributed by atoms with Crippen molar-refractivity contribution in [3.63, 3.8) is 0 Å². The van der Waals surface area contributed by atoms with Crippen LogP contribution in [0.2, 0.25) is 0 Å². The van der Waals surface area contributed by atoms with E-state index in [-0.39, 0.29) is 0 Å². The summed E-state index contributed by atoms with van der Waals surface area (Å²) in [6, 6.07) is 0. The van der Waals surface area contributed by atoms with Crippen LogP contribution in [0.4, 0.5) is 0 Å². The summed E-state index contributed by atoms with van der Waals surface area (Å²) >= 11 is 0. The minimum Gasteiger partial charge on any atom is -0.272 e. The van der Waals surface area contributed by atoms with Crippen molar-refractivity contribution in [1.29, 1.82) is 0 Å². The predicted molar refractivity (Wildman–Crippen MR) is 23.9 cm³/mol. The highest BCUT2D eigenvalue weighted by atomic mass is 16.5. The number of rotatable bonds is 0. The fourth-order valence-electron chi connectivity index (χ4n) is 0.375. The van der Waals surface area contributed by atoms with Crippen molar-refractivity contribution in [2.45, 2.75) is 0 Å². The van der Waals surface area contributed by atoms with Crippen molar-refractivity contribution in [3.8, 4) is 0 Å². The minimum atomic E-state index is 0.747. The molecule has 0 saturated heterocycles. The molecule has 7 heavy (non-hydrogen) atoms. The first-order chi connectivity index (χ1) is 3.39. The Kier molecular flexibility index (Phi) is 1.26. The molecule has 0 atom stereocenters. The van der Waals surface area contributed by atoms with Crippen LogP contribution in [0.25, 0.3) is 0 Å². The fraction of sp³-hybridized carbons (Fsp3) is 0.333. The number of hydrogen-bond donors (Lipinski definition) is 3. The zero-order chi connectivity index (χ0) is 5.11. The smallest absolute Gasteiger partial charge is 0.0447 e. The number of hydrazine groups is 2. The molecular formula is C3H7N3O.